The van der Waals surface area contributed by atoms with E-state index in [1.54, 1.807) is 19.1 Å². The second-order valence-corrected chi connectivity index (χ2v) is 9.07. The predicted octanol–water partition coefficient (Wildman–Crippen LogP) is 3.20. The maximum atomic E-state index is 12.6. The Bertz CT molecular complexity index is 733. The number of ether oxygens (including phenoxy) is 1. The Labute approximate surface area is 160 Å². The summed E-state index contributed by atoms with van der Waals surface area (Å²) < 4.78 is 30.8. The fourth-order valence-corrected chi connectivity index (χ4v) is 4.80. The summed E-state index contributed by atoms with van der Waals surface area (Å²) in [6.45, 7) is 2.17. The van der Waals surface area contributed by atoms with Crippen LogP contribution >= 0.6 is 11.6 Å². The largest absolute Gasteiger partial charge is 0.495 e. The molecule has 0 aliphatic heterocycles. The molecule has 6 nitrogen and oxygen atoms in total. The van der Waals surface area contributed by atoms with Crippen molar-refractivity contribution < 1.29 is 17.9 Å². The zero-order valence-corrected chi connectivity index (χ0v) is 17.1. The molecule has 1 aliphatic rings. The lowest BCUT2D eigenvalue weighted by Crippen LogP contribution is -2.48. The molecule has 26 heavy (non-hydrogen) atoms. The zero-order valence-electron chi connectivity index (χ0n) is 15.5. The van der Waals surface area contributed by atoms with Gasteiger partial charge >= 0.3 is 0 Å². The molecule has 1 fully saturated rings. The van der Waals surface area contributed by atoms with Crippen molar-refractivity contribution in [2.24, 2.45) is 5.92 Å². The van der Waals surface area contributed by atoms with Crippen LogP contribution in [0.1, 0.15) is 39.0 Å². The average molecular weight is 403 g/mol. The quantitative estimate of drug-likeness (QED) is 0.759. The molecular formula is C18H27ClN2O4S. The van der Waals surface area contributed by atoms with Crippen LogP contribution in [0, 0.1) is 5.92 Å². The summed E-state index contributed by atoms with van der Waals surface area (Å²) >= 11 is 6.12. The molecule has 1 aromatic rings. The number of carbonyl (C=O) groups excluding carboxylic acids is 1. The van der Waals surface area contributed by atoms with Crippen LogP contribution in [0.15, 0.2) is 18.2 Å². The van der Waals surface area contributed by atoms with Crippen LogP contribution in [-0.2, 0) is 14.8 Å². The minimum absolute atomic E-state index is 0.286. The molecule has 1 aromatic carbocycles. The van der Waals surface area contributed by atoms with E-state index in [2.05, 4.69) is 5.32 Å². The second kappa shape index (κ2) is 8.95. The average Bonchev–Trinajstić information content (AvgIpc) is 2.59. The molecule has 0 heterocycles. The van der Waals surface area contributed by atoms with E-state index in [4.69, 9.17) is 16.3 Å². The Morgan fingerprint density at radius 3 is 2.54 bits per heavy atom. The number of anilines is 1. The summed E-state index contributed by atoms with van der Waals surface area (Å²) in [6, 6.07) is 3.78. The highest BCUT2D eigenvalue weighted by atomic mass is 35.5. The number of halogens is 1. The van der Waals surface area contributed by atoms with Gasteiger partial charge in [-0.3, -0.25) is 9.10 Å². The molecule has 0 radical (unpaired) electrons. The number of nitrogens with one attached hydrogen (secondary N) is 1. The van der Waals surface area contributed by atoms with Crippen molar-refractivity contribution in [3.8, 4) is 5.75 Å². The van der Waals surface area contributed by atoms with Crippen molar-refractivity contribution in [2.45, 2.75) is 45.1 Å². The van der Waals surface area contributed by atoms with Crippen molar-refractivity contribution in [1.82, 2.24) is 5.32 Å². The van der Waals surface area contributed by atoms with Crippen molar-refractivity contribution in [3.63, 3.8) is 0 Å². The molecule has 0 bridgehead atoms. The third-order valence-corrected chi connectivity index (χ3v) is 6.31. The molecule has 2 rings (SSSR count). The van der Waals surface area contributed by atoms with E-state index in [-0.39, 0.29) is 10.9 Å². The SMILES string of the molecule is COc1ccc(N([C@@H](C)C(=O)NCC2CCCCC2)S(C)(=O)=O)cc1Cl. The fourth-order valence-electron chi connectivity index (χ4n) is 3.39. The molecule has 8 heteroatoms. The lowest BCUT2D eigenvalue weighted by Gasteiger charge is -2.29. The van der Waals surface area contributed by atoms with Crippen LogP contribution in [0.3, 0.4) is 0 Å². The Kier molecular flexibility index (Phi) is 7.17. The van der Waals surface area contributed by atoms with Gasteiger partial charge in [0.05, 0.1) is 24.1 Å². The van der Waals surface area contributed by atoms with E-state index < -0.39 is 16.1 Å². The molecule has 1 aliphatic carbocycles. The van der Waals surface area contributed by atoms with Crippen LogP contribution in [0.25, 0.3) is 0 Å². The zero-order chi connectivity index (χ0) is 19.3. The Morgan fingerprint density at radius 2 is 2.00 bits per heavy atom. The van der Waals surface area contributed by atoms with Gasteiger partial charge in [-0.2, -0.15) is 0 Å². The monoisotopic (exact) mass is 402 g/mol. The summed E-state index contributed by atoms with van der Waals surface area (Å²) in [5, 5.41) is 3.19. The maximum absolute atomic E-state index is 12.6. The molecule has 0 saturated heterocycles. The topological polar surface area (TPSA) is 75.7 Å². The number of benzene rings is 1. The number of amides is 1. The van der Waals surface area contributed by atoms with Gasteiger partial charge in [0.15, 0.2) is 0 Å². The fraction of sp³-hybridized carbons (Fsp3) is 0.611. The minimum atomic E-state index is -3.67. The summed E-state index contributed by atoms with van der Waals surface area (Å²) in [6.07, 6.45) is 6.93. The summed E-state index contributed by atoms with van der Waals surface area (Å²) in [7, 11) is -2.19. The van der Waals surface area contributed by atoms with Crippen molar-refractivity contribution in [2.75, 3.05) is 24.2 Å². The first-order valence-corrected chi connectivity index (χ1v) is 11.1. The maximum Gasteiger partial charge on any atom is 0.243 e. The highest BCUT2D eigenvalue weighted by Gasteiger charge is 2.30. The standard InChI is InChI=1S/C18H27ClN2O4S/c1-13(18(22)20-12-14-7-5-4-6-8-14)21(26(3,23)24)15-9-10-17(25-2)16(19)11-15/h9-11,13-14H,4-8,12H2,1-3H3,(H,20,22)/t13-/m0/s1. The lowest BCUT2D eigenvalue weighted by molar-refractivity contribution is -0.122. The first-order valence-electron chi connectivity index (χ1n) is 8.84. The highest BCUT2D eigenvalue weighted by Crippen LogP contribution is 2.31. The molecule has 1 N–H and O–H groups in total. The summed E-state index contributed by atoms with van der Waals surface area (Å²) in [5.41, 5.74) is 0.332. The molecule has 0 spiro atoms. The van der Waals surface area contributed by atoms with Gasteiger partial charge in [0.1, 0.15) is 11.8 Å². The first-order chi connectivity index (χ1) is 12.2. The number of methoxy groups -OCH3 is 1. The van der Waals surface area contributed by atoms with Crippen molar-refractivity contribution >= 4 is 33.2 Å². The smallest absolute Gasteiger partial charge is 0.243 e. The predicted molar refractivity (Wildman–Crippen MR) is 104 cm³/mol. The molecular weight excluding hydrogens is 376 g/mol. The number of hydrogen-bond acceptors (Lipinski definition) is 4. The molecule has 146 valence electrons. The lowest BCUT2D eigenvalue weighted by atomic mass is 9.89. The first kappa shape index (κ1) is 20.8. The van der Waals surface area contributed by atoms with Gasteiger partial charge in [-0.1, -0.05) is 30.9 Å². The van der Waals surface area contributed by atoms with Gasteiger partial charge in [0, 0.05) is 6.54 Å². The van der Waals surface area contributed by atoms with Gasteiger partial charge in [-0.25, -0.2) is 8.42 Å². The Hall–Kier alpha value is -1.47. The van der Waals surface area contributed by atoms with Gasteiger partial charge < -0.3 is 10.1 Å². The molecule has 0 unspecified atom stereocenters. The number of hydrogen-bond donors (Lipinski definition) is 1. The van der Waals surface area contributed by atoms with Crippen LogP contribution in [-0.4, -0.2) is 40.3 Å². The molecule has 1 atom stereocenters. The minimum Gasteiger partial charge on any atom is -0.495 e. The van der Waals surface area contributed by atoms with E-state index in [0.29, 0.717) is 23.9 Å². The molecule has 1 amide bonds. The van der Waals surface area contributed by atoms with Gasteiger partial charge in [0.2, 0.25) is 15.9 Å². The number of carbonyl (C=O) groups is 1. The van der Waals surface area contributed by atoms with E-state index in [9.17, 15) is 13.2 Å². The third kappa shape index (κ3) is 5.27. The second-order valence-electron chi connectivity index (χ2n) is 6.80. The van der Waals surface area contributed by atoms with Crippen LogP contribution < -0.4 is 14.4 Å². The molecule has 0 aromatic heterocycles. The Balaban J connectivity index is 2.15. The van der Waals surface area contributed by atoms with Crippen LogP contribution in [0.5, 0.6) is 5.75 Å². The molecule has 1 saturated carbocycles. The van der Waals surface area contributed by atoms with Gasteiger partial charge in [-0.05, 0) is 43.9 Å². The van der Waals surface area contributed by atoms with Crippen LogP contribution in [0.2, 0.25) is 5.02 Å². The third-order valence-electron chi connectivity index (χ3n) is 4.77. The van der Waals surface area contributed by atoms with E-state index in [1.165, 1.54) is 32.4 Å². The van der Waals surface area contributed by atoms with E-state index >= 15 is 0 Å². The highest BCUT2D eigenvalue weighted by molar-refractivity contribution is 7.92. The number of nitrogens with zero attached hydrogens (tertiary/aromatic N) is 1. The van der Waals surface area contributed by atoms with Crippen molar-refractivity contribution in [3.05, 3.63) is 23.2 Å². The normalized spacial score (nSPS) is 16.8. The summed E-state index contributed by atoms with van der Waals surface area (Å²) in [4.78, 5) is 12.6. The van der Waals surface area contributed by atoms with Crippen LogP contribution in [0.4, 0.5) is 5.69 Å². The van der Waals surface area contributed by atoms with E-state index in [1.807, 2.05) is 0 Å². The number of rotatable bonds is 7. The van der Waals surface area contributed by atoms with Gasteiger partial charge in [0.25, 0.3) is 0 Å². The Morgan fingerprint density at radius 1 is 1.35 bits per heavy atom. The van der Waals surface area contributed by atoms with E-state index in [0.717, 1.165) is 23.4 Å². The van der Waals surface area contributed by atoms with Gasteiger partial charge in [-0.15, -0.1) is 0 Å². The van der Waals surface area contributed by atoms with Crippen molar-refractivity contribution in [1.29, 1.82) is 0 Å². The summed E-state index contributed by atoms with van der Waals surface area (Å²) in [5.74, 6) is 0.605. The number of sulfonamides is 1.